The average molecular weight is 526 g/mol. The number of carbonyl (C=O) groups is 2. The van der Waals surface area contributed by atoms with Crippen molar-refractivity contribution in [2.24, 2.45) is 0 Å². The molecule has 8 heteroatoms. The molecule has 0 aliphatic heterocycles. The fraction of sp³-hybridized carbons (Fsp3) is 0.714. The van der Waals surface area contributed by atoms with Crippen LogP contribution in [0.4, 0.5) is 0 Å². The maximum Gasteiger partial charge on any atom is 0.305 e. The summed E-state index contributed by atoms with van der Waals surface area (Å²) in [5, 5.41) is 0. The standard InChI is InChI=1S/C28H48NO6P/c1-7-9-12-18-27(30)32-21-26(22-33-28(31)19-13-10-8-2)35-36(29(23(3)4)24(5)6)34-20-25-16-14-11-15-17-25/h11,14-17,23-24,26H,7-10,12-13,18-22H2,1-6H3. The van der Waals surface area contributed by atoms with E-state index in [1.54, 1.807) is 0 Å². The van der Waals surface area contributed by atoms with E-state index in [0.717, 1.165) is 44.1 Å². The predicted octanol–water partition coefficient (Wildman–Crippen LogP) is 7.18. The third kappa shape index (κ3) is 14.3. The molecule has 0 spiro atoms. The molecule has 0 fully saturated rings. The van der Waals surface area contributed by atoms with Crippen LogP contribution in [0.1, 0.15) is 98.5 Å². The molecule has 0 aliphatic rings. The molecule has 0 aromatic heterocycles. The van der Waals surface area contributed by atoms with Crippen molar-refractivity contribution in [2.75, 3.05) is 13.2 Å². The lowest BCUT2D eigenvalue weighted by Gasteiger charge is -2.37. The number of hydrogen-bond acceptors (Lipinski definition) is 7. The van der Waals surface area contributed by atoms with E-state index in [1.165, 1.54) is 0 Å². The van der Waals surface area contributed by atoms with E-state index in [-0.39, 0.29) is 37.2 Å². The van der Waals surface area contributed by atoms with Gasteiger partial charge < -0.3 is 18.5 Å². The highest BCUT2D eigenvalue weighted by Gasteiger charge is 2.31. The van der Waals surface area contributed by atoms with Crippen molar-refractivity contribution in [1.82, 2.24) is 4.67 Å². The Kier molecular flexibility index (Phi) is 17.7. The maximum absolute atomic E-state index is 12.3. The van der Waals surface area contributed by atoms with Gasteiger partial charge in [-0.05, 0) is 46.1 Å². The molecule has 0 amide bonds. The second-order valence-corrected chi connectivity index (χ2v) is 11.0. The molecular weight excluding hydrogens is 477 g/mol. The Labute approximate surface area is 220 Å². The fourth-order valence-corrected chi connectivity index (χ4v) is 5.31. The van der Waals surface area contributed by atoms with Gasteiger partial charge >= 0.3 is 11.9 Å². The number of carbonyl (C=O) groups excluding carboxylic acids is 2. The molecule has 1 unspecified atom stereocenters. The lowest BCUT2D eigenvalue weighted by atomic mass is 10.2. The van der Waals surface area contributed by atoms with Gasteiger partial charge in [-0.15, -0.1) is 0 Å². The second-order valence-electron chi connectivity index (χ2n) is 9.57. The first-order valence-corrected chi connectivity index (χ1v) is 14.6. The van der Waals surface area contributed by atoms with Gasteiger partial charge in [-0.2, -0.15) is 0 Å². The molecular formula is C28H48NO6P. The van der Waals surface area contributed by atoms with Crippen molar-refractivity contribution in [3.8, 4) is 0 Å². The molecule has 0 saturated carbocycles. The quantitative estimate of drug-likeness (QED) is 0.101. The Hall–Kier alpha value is -1.53. The number of unbranched alkanes of at least 4 members (excludes halogenated alkanes) is 4. The van der Waals surface area contributed by atoms with Crippen LogP contribution in [-0.2, 0) is 34.7 Å². The maximum atomic E-state index is 12.3. The van der Waals surface area contributed by atoms with Crippen LogP contribution in [0.25, 0.3) is 0 Å². The van der Waals surface area contributed by atoms with E-state index in [2.05, 4.69) is 46.2 Å². The van der Waals surface area contributed by atoms with Crippen LogP contribution in [0.3, 0.4) is 0 Å². The summed E-state index contributed by atoms with van der Waals surface area (Å²) in [6, 6.07) is 10.3. The van der Waals surface area contributed by atoms with Crippen LogP contribution >= 0.6 is 8.53 Å². The van der Waals surface area contributed by atoms with Gasteiger partial charge in [-0.3, -0.25) is 9.59 Å². The van der Waals surface area contributed by atoms with Gasteiger partial charge in [0.05, 0.1) is 6.61 Å². The van der Waals surface area contributed by atoms with Gasteiger partial charge in [0.15, 0.2) is 0 Å². The minimum Gasteiger partial charge on any atom is -0.463 e. The molecule has 0 saturated heterocycles. The van der Waals surface area contributed by atoms with Crippen LogP contribution in [-0.4, -0.2) is 48.0 Å². The molecule has 36 heavy (non-hydrogen) atoms. The molecule has 1 aromatic rings. The highest BCUT2D eigenvalue weighted by atomic mass is 31.2. The summed E-state index contributed by atoms with van der Waals surface area (Å²) in [5.41, 5.74) is 1.04. The second kappa shape index (κ2) is 19.6. The molecule has 7 nitrogen and oxygen atoms in total. The summed E-state index contributed by atoms with van der Waals surface area (Å²) in [6.07, 6.45) is 5.79. The number of ether oxygens (including phenoxy) is 2. The monoisotopic (exact) mass is 525 g/mol. The highest BCUT2D eigenvalue weighted by molar-refractivity contribution is 7.44. The average Bonchev–Trinajstić information content (AvgIpc) is 2.84. The first-order valence-electron chi connectivity index (χ1n) is 13.5. The van der Waals surface area contributed by atoms with Crippen molar-refractivity contribution in [2.45, 2.75) is 118 Å². The van der Waals surface area contributed by atoms with E-state index < -0.39 is 14.6 Å². The largest absolute Gasteiger partial charge is 0.463 e. The first-order chi connectivity index (χ1) is 17.3. The van der Waals surface area contributed by atoms with E-state index >= 15 is 0 Å². The number of benzene rings is 1. The molecule has 1 rings (SSSR count). The molecule has 1 aromatic carbocycles. The summed E-state index contributed by atoms with van der Waals surface area (Å²) in [4.78, 5) is 24.5. The lowest BCUT2D eigenvalue weighted by Crippen LogP contribution is -2.36. The van der Waals surface area contributed by atoms with Crippen molar-refractivity contribution in [1.29, 1.82) is 0 Å². The molecule has 1 atom stereocenters. The van der Waals surface area contributed by atoms with Gasteiger partial charge in [-0.25, -0.2) is 4.67 Å². The number of nitrogens with zero attached hydrogens (tertiary/aromatic N) is 1. The number of esters is 2. The van der Waals surface area contributed by atoms with Crippen LogP contribution in [0, 0.1) is 0 Å². The Morgan fingerprint density at radius 3 is 1.75 bits per heavy atom. The highest BCUT2D eigenvalue weighted by Crippen LogP contribution is 2.47. The van der Waals surface area contributed by atoms with Gasteiger partial charge in [-0.1, -0.05) is 69.9 Å². The van der Waals surface area contributed by atoms with Crippen LogP contribution in [0.5, 0.6) is 0 Å². The van der Waals surface area contributed by atoms with E-state index in [0.29, 0.717) is 19.4 Å². The molecule has 0 aliphatic carbocycles. The van der Waals surface area contributed by atoms with Gasteiger partial charge in [0.1, 0.15) is 19.3 Å². The van der Waals surface area contributed by atoms with Gasteiger partial charge in [0.25, 0.3) is 8.53 Å². The van der Waals surface area contributed by atoms with Crippen molar-refractivity contribution in [3.05, 3.63) is 35.9 Å². The SMILES string of the molecule is CCCCCC(=O)OCC(COC(=O)CCCCC)OP(OCc1ccccc1)N(C(C)C)C(C)C. The third-order valence-electron chi connectivity index (χ3n) is 5.50. The smallest absolute Gasteiger partial charge is 0.305 e. The Morgan fingerprint density at radius 1 is 0.806 bits per heavy atom. The summed E-state index contributed by atoms with van der Waals surface area (Å²) in [6.45, 7) is 13.0. The number of rotatable bonds is 20. The molecule has 206 valence electrons. The minimum atomic E-state index is -1.50. The zero-order chi connectivity index (χ0) is 26.8. The zero-order valence-corrected chi connectivity index (χ0v) is 24.1. The first kappa shape index (κ1) is 32.5. The van der Waals surface area contributed by atoms with Crippen molar-refractivity contribution in [3.63, 3.8) is 0 Å². The van der Waals surface area contributed by atoms with E-state index in [1.807, 2.05) is 30.3 Å². The lowest BCUT2D eigenvalue weighted by molar-refractivity contribution is -0.151. The van der Waals surface area contributed by atoms with Crippen LogP contribution in [0.2, 0.25) is 0 Å². The van der Waals surface area contributed by atoms with Crippen molar-refractivity contribution >= 4 is 20.5 Å². The van der Waals surface area contributed by atoms with Crippen LogP contribution < -0.4 is 0 Å². The van der Waals surface area contributed by atoms with Crippen molar-refractivity contribution < 1.29 is 28.1 Å². The molecule has 0 N–H and O–H groups in total. The molecule has 0 heterocycles. The zero-order valence-electron chi connectivity index (χ0n) is 23.2. The number of hydrogen-bond donors (Lipinski definition) is 0. The Morgan fingerprint density at radius 2 is 1.31 bits per heavy atom. The fourth-order valence-electron chi connectivity index (χ4n) is 3.62. The Bertz CT molecular complexity index is 681. The van der Waals surface area contributed by atoms with Gasteiger partial charge in [0.2, 0.25) is 0 Å². The predicted molar refractivity (Wildman–Crippen MR) is 145 cm³/mol. The normalized spacial score (nSPS) is 12.5. The van der Waals surface area contributed by atoms with Crippen LogP contribution in [0.15, 0.2) is 30.3 Å². The van der Waals surface area contributed by atoms with E-state index in [4.69, 9.17) is 18.5 Å². The molecule has 0 radical (unpaired) electrons. The summed E-state index contributed by atoms with van der Waals surface area (Å²) >= 11 is 0. The Balaban J connectivity index is 2.92. The van der Waals surface area contributed by atoms with E-state index in [9.17, 15) is 9.59 Å². The summed E-state index contributed by atoms with van der Waals surface area (Å²) < 4.78 is 26.0. The topological polar surface area (TPSA) is 74.3 Å². The molecule has 0 bridgehead atoms. The minimum absolute atomic E-state index is 0.0186. The third-order valence-corrected chi connectivity index (χ3v) is 7.63. The summed E-state index contributed by atoms with van der Waals surface area (Å²) in [5.74, 6) is -0.518. The van der Waals surface area contributed by atoms with Gasteiger partial charge in [0, 0.05) is 24.9 Å². The summed E-state index contributed by atoms with van der Waals surface area (Å²) in [7, 11) is -1.50.